The van der Waals surface area contributed by atoms with Crippen LogP contribution in [-0.4, -0.2) is 36.0 Å². The third kappa shape index (κ3) is 45.5. The fourth-order valence-corrected chi connectivity index (χ4v) is 0.889. The molecule has 0 radical (unpaired) electrons. The van der Waals surface area contributed by atoms with Crippen molar-refractivity contribution in [2.75, 3.05) is 19.8 Å². The Morgan fingerprint density at radius 3 is 1.71 bits per heavy atom. The molecule has 0 saturated heterocycles. The Morgan fingerprint density at radius 1 is 1.00 bits per heavy atom. The molecule has 128 valence electrons. The Bertz CT molecular complexity index is 193. The lowest BCUT2D eigenvalue weighted by atomic mass is 9.99. The van der Waals surface area contributed by atoms with Gasteiger partial charge >= 0.3 is 5.97 Å². The lowest BCUT2D eigenvalue weighted by Crippen LogP contribution is -2.18. The summed E-state index contributed by atoms with van der Waals surface area (Å²) < 4.78 is 5.11. The van der Waals surface area contributed by atoms with Gasteiger partial charge in [0.25, 0.3) is 0 Å². The number of hydrogen-bond acceptors (Lipinski definition) is 4. The van der Waals surface area contributed by atoms with Crippen molar-refractivity contribution in [2.24, 2.45) is 5.41 Å². The number of unbranched alkanes of at least 4 members (excludes halogenated alkanes) is 2. The van der Waals surface area contributed by atoms with Crippen molar-refractivity contribution in [1.29, 1.82) is 0 Å². The summed E-state index contributed by atoms with van der Waals surface area (Å²) in [6, 6.07) is 0. The number of hydrogen-bond donors (Lipinski definition) is 2. The standard InChI is InChI=1S/C11H22O2.C2H6O2.2C2H4/c1-5-6-7-8-10(12)13-9-11(2,3)4;3-1-2-4;2*1-2/h5-9H2,1-4H3;3-4H,1-2H2;2*1-2H2. The highest BCUT2D eigenvalue weighted by molar-refractivity contribution is 5.69. The first-order chi connectivity index (χ1) is 9.87. The van der Waals surface area contributed by atoms with Gasteiger partial charge in [-0.05, 0) is 11.8 Å². The van der Waals surface area contributed by atoms with Crippen LogP contribution in [0.1, 0.15) is 53.4 Å². The monoisotopic (exact) mass is 304 g/mol. The van der Waals surface area contributed by atoms with E-state index in [4.69, 9.17) is 14.9 Å². The van der Waals surface area contributed by atoms with E-state index in [9.17, 15) is 4.79 Å². The molecule has 0 aromatic rings. The molecular weight excluding hydrogens is 268 g/mol. The summed E-state index contributed by atoms with van der Waals surface area (Å²) in [7, 11) is 0. The molecule has 0 aliphatic rings. The molecule has 0 spiro atoms. The van der Waals surface area contributed by atoms with E-state index in [1.807, 2.05) is 0 Å². The van der Waals surface area contributed by atoms with Gasteiger partial charge in [-0.15, -0.1) is 26.3 Å². The molecule has 0 atom stereocenters. The van der Waals surface area contributed by atoms with Crippen LogP contribution in [-0.2, 0) is 9.53 Å². The Morgan fingerprint density at radius 2 is 1.43 bits per heavy atom. The van der Waals surface area contributed by atoms with Crippen LogP contribution < -0.4 is 0 Å². The van der Waals surface area contributed by atoms with Crippen molar-refractivity contribution in [3.63, 3.8) is 0 Å². The Labute approximate surface area is 131 Å². The van der Waals surface area contributed by atoms with Crippen LogP contribution >= 0.6 is 0 Å². The molecule has 0 aromatic carbocycles. The van der Waals surface area contributed by atoms with Crippen LogP contribution in [0.3, 0.4) is 0 Å². The summed E-state index contributed by atoms with van der Waals surface area (Å²) in [4.78, 5) is 11.1. The van der Waals surface area contributed by atoms with E-state index in [1.54, 1.807) is 0 Å². The highest BCUT2D eigenvalue weighted by Crippen LogP contribution is 2.13. The van der Waals surface area contributed by atoms with E-state index >= 15 is 0 Å². The van der Waals surface area contributed by atoms with E-state index < -0.39 is 0 Å². The fraction of sp³-hybridized carbons (Fsp3) is 0.706. The summed E-state index contributed by atoms with van der Waals surface area (Å²) in [5, 5.41) is 15.2. The van der Waals surface area contributed by atoms with Crippen LogP contribution in [0, 0.1) is 5.41 Å². The van der Waals surface area contributed by atoms with Gasteiger partial charge in [0, 0.05) is 6.42 Å². The number of aliphatic hydroxyl groups excluding tert-OH is 2. The van der Waals surface area contributed by atoms with Gasteiger partial charge in [-0.3, -0.25) is 4.79 Å². The Balaban J connectivity index is -0.000000151. The lowest BCUT2D eigenvalue weighted by molar-refractivity contribution is -0.146. The molecule has 0 saturated carbocycles. The van der Waals surface area contributed by atoms with Crippen LogP contribution in [0.2, 0.25) is 0 Å². The van der Waals surface area contributed by atoms with Crippen LogP contribution in [0.4, 0.5) is 0 Å². The van der Waals surface area contributed by atoms with Gasteiger partial charge in [-0.1, -0.05) is 40.5 Å². The second-order valence-electron chi connectivity index (χ2n) is 5.13. The molecule has 0 amide bonds. The van der Waals surface area contributed by atoms with Crippen molar-refractivity contribution in [2.45, 2.75) is 53.4 Å². The summed E-state index contributed by atoms with van der Waals surface area (Å²) in [6.07, 6.45) is 3.79. The lowest BCUT2D eigenvalue weighted by Gasteiger charge is -2.17. The van der Waals surface area contributed by atoms with Crippen molar-refractivity contribution in [3.8, 4) is 0 Å². The average Bonchev–Trinajstić information content (AvgIpc) is 2.49. The number of ether oxygens (including phenoxy) is 1. The van der Waals surface area contributed by atoms with Gasteiger partial charge in [0.15, 0.2) is 0 Å². The highest BCUT2D eigenvalue weighted by atomic mass is 16.5. The smallest absolute Gasteiger partial charge is 0.305 e. The first-order valence-corrected chi connectivity index (χ1v) is 7.24. The minimum atomic E-state index is -0.125. The maximum Gasteiger partial charge on any atom is 0.305 e. The molecule has 0 bridgehead atoms. The number of aliphatic hydroxyl groups is 2. The summed E-state index contributed by atoms with van der Waals surface area (Å²) >= 11 is 0. The predicted molar refractivity (Wildman–Crippen MR) is 91.2 cm³/mol. The minimum absolute atomic E-state index is 0.0524. The van der Waals surface area contributed by atoms with Gasteiger partial charge in [0.1, 0.15) is 0 Å². The number of esters is 1. The molecule has 0 aliphatic carbocycles. The van der Waals surface area contributed by atoms with Gasteiger partial charge in [-0.2, -0.15) is 0 Å². The van der Waals surface area contributed by atoms with E-state index in [2.05, 4.69) is 54.0 Å². The third-order valence-corrected chi connectivity index (χ3v) is 1.75. The zero-order chi connectivity index (χ0) is 17.7. The number of carbonyl (C=O) groups excluding carboxylic acids is 1. The maximum atomic E-state index is 11.1. The first kappa shape index (κ1) is 28.1. The van der Waals surface area contributed by atoms with E-state index in [-0.39, 0.29) is 24.6 Å². The van der Waals surface area contributed by atoms with Gasteiger partial charge in [-0.25, -0.2) is 0 Å². The summed E-state index contributed by atoms with van der Waals surface area (Å²) in [6.45, 7) is 20.6. The Hall–Kier alpha value is -1.13. The number of rotatable bonds is 6. The fourth-order valence-electron chi connectivity index (χ4n) is 0.889. The van der Waals surface area contributed by atoms with Crippen molar-refractivity contribution in [1.82, 2.24) is 0 Å². The molecule has 2 N–H and O–H groups in total. The zero-order valence-corrected chi connectivity index (χ0v) is 14.5. The molecular formula is C17H36O4. The average molecular weight is 304 g/mol. The summed E-state index contributed by atoms with van der Waals surface area (Å²) in [5.41, 5.74) is 0.0837. The quantitative estimate of drug-likeness (QED) is 0.446. The molecule has 0 fully saturated rings. The molecule has 0 rings (SSSR count). The third-order valence-electron chi connectivity index (χ3n) is 1.75. The Kier molecular flexibility index (Phi) is 32.0. The van der Waals surface area contributed by atoms with E-state index in [0.29, 0.717) is 13.0 Å². The maximum absolute atomic E-state index is 11.1. The molecule has 0 aromatic heterocycles. The zero-order valence-electron chi connectivity index (χ0n) is 14.5. The van der Waals surface area contributed by atoms with Gasteiger partial charge < -0.3 is 14.9 Å². The largest absolute Gasteiger partial charge is 0.465 e. The molecule has 4 nitrogen and oxygen atoms in total. The molecule has 0 unspecified atom stereocenters. The van der Waals surface area contributed by atoms with E-state index in [0.717, 1.165) is 19.3 Å². The summed E-state index contributed by atoms with van der Waals surface area (Å²) in [5.74, 6) is -0.0524. The SMILES string of the molecule is C=C.C=C.CCCCCC(=O)OCC(C)(C)C.OCCO. The van der Waals surface area contributed by atoms with Gasteiger partial charge in [0.2, 0.25) is 0 Å². The van der Waals surface area contributed by atoms with Crippen LogP contribution in [0.15, 0.2) is 26.3 Å². The van der Waals surface area contributed by atoms with Crippen LogP contribution in [0.25, 0.3) is 0 Å². The molecule has 4 heteroatoms. The number of carbonyl (C=O) groups is 1. The second-order valence-corrected chi connectivity index (χ2v) is 5.13. The van der Waals surface area contributed by atoms with Crippen molar-refractivity contribution >= 4 is 5.97 Å². The van der Waals surface area contributed by atoms with Crippen LogP contribution in [0.5, 0.6) is 0 Å². The normalized spacial score (nSPS) is 8.86. The highest BCUT2D eigenvalue weighted by Gasteiger charge is 2.13. The first-order valence-electron chi connectivity index (χ1n) is 7.24. The topological polar surface area (TPSA) is 66.8 Å². The van der Waals surface area contributed by atoms with E-state index in [1.165, 1.54) is 0 Å². The minimum Gasteiger partial charge on any atom is -0.465 e. The molecule has 21 heavy (non-hydrogen) atoms. The second kappa shape index (κ2) is 23.9. The van der Waals surface area contributed by atoms with Crippen molar-refractivity contribution in [3.05, 3.63) is 26.3 Å². The van der Waals surface area contributed by atoms with Gasteiger partial charge in [0.05, 0.1) is 19.8 Å². The van der Waals surface area contributed by atoms with Crippen molar-refractivity contribution < 1.29 is 19.7 Å². The predicted octanol–water partition coefficient (Wildman–Crippen LogP) is 3.73. The molecule has 0 aliphatic heterocycles. The molecule has 0 heterocycles.